The van der Waals surface area contributed by atoms with Crippen molar-refractivity contribution in [3.8, 4) is 22.8 Å². The summed E-state index contributed by atoms with van der Waals surface area (Å²) in [6, 6.07) is 22.6. The highest BCUT2D eigenvalue weighted by molar-refractivity contribution is 5.99. The molecule has 0 unspecified atom stereocenters. The molecular weight excluding hydrogens is 461 g/mol. The van der Waals surface area contributed by atoms with Crippen molar-refractivity contribution in [3.63, 3.8) is 0 Å². The molecule has 7 N–H and O–H groups in total. The number of amidine groups is 2. The Hall–Kier alpha value is -3.68. The molecule has 33 heavy (non-hydrogen) atoms. The number of aromatic nitrogens is 1. The first-order valence-electron chi connectivity index (χ1n) is 9.77. The van der Waals surface area contributed by atoms with E-state index in [4.69, 9.17) is 31.8 Å². The molecule has 3 aromatic carbocycles. The summed E-state index contributed by atoms with van der Waals surface area (Å²) in [6.45, 7) is 0.815. The van der Waals surface area contributed by atoms with Crippen molar-refractivity contribution >= 4 is 47.4 Å². The van der Waals surface area contributed by atoms with Crippen LogP contribution in [-0.2, 0) is 0 Å². The number of hydrogen-bond donors (Lipinski definition) is 5. The van der Waals surface area contributed by atoms with Gasteiger partial charge in [-0.25, -0.2) is 0 Å². The number of rotatable bonds is 8. The van der Waals surface area contributed by atoms with Gasteiger partial charge in [-0.2, -0.15) is 0 Å². The van der Waals surface area contributed by atoms with Crippen molar-refractivity contribution in [3.05, 3.63) is 83.9 Å². The van der Waals surface area contributed by atoms with Gasteiger partial charge in [-0.15, -0.1) is 24.8 Å². The quantitative estimate of drug-likeness (QED) is 0.140. The largest absolute Gasteiger partial charge is 0.490 e. The standard InChI is InChI=1S/C24H23N5O2.2ClH/c25-23(26)16-5-9-20(10-6-16)31-12-11-30-19-7-3-15(4-8-19)21-13-17-1-2-18(24(27)28)14-22(17)29-21;;/h1-10,13-14,29H,11-12H2,(H3,25,26)(H3,27,28);2*1H. The highest BCUT2D eigenvalue weighted by Crippen LogP contribution is 2.26. The van der Waals surface area contributed by atoms with E-state index < -0.39 is 0 Å². The lowest BCUT2D eigenvalue weighted by Crippen LogP contribution is -2.11. The SMILES string of the molecule is Cl.Cl.N=C(N)c1ccc(OCCOc2ccc(-c3cc4ccc(C(=N)N)cc4[nH]3)cc2)cc1. The molecule has 4 aromatic rings. The first-order valence-corrected chi connectivity index (χ1v) is 9.77. The smallest absolute Gasteiger partial charge is 0.122 e. The van der Waals surface area contributed by atoms with E-state index in [2.05, 4.69) is 11.1 Å². The fourth-order valence-electron chi connectivity index (χ4n) is 3.23. The maximum absolute atomic E-state index is 7.58. The third-order valence-electron chi connectivity index (χ3n) is 4.88. The predicted molar refractivity (Wildman–Crippen MR) is 138 cm³/mol. The van der Waals surface area contributed by atoms with Crippen LogP contribution in [0.1, 0.15) is 11.1 Å². The Morgan fingerprint density at radius 1 is 0.697 bits per heavy atom. The lowest BCUT2D eigenvalue weighted by Gasteiger charge is -2.09. The normalized spacial score (nSPS) is 10.1. The number of aromatic amines is 1. The van der Waals surface area contributed by atoms with E-state index in [0.717, 1.165) is 27.9 Å². The third kappa shape index (κ3) is 6.19. The number of halogens is 2. The van der Waals surface area contributed by atoms with E-state index >= 15 is 0 Å². The molecule has 0 aliphatic rings. The van der Waals surface area contributed by atoms with Gasteiger partial charge in [0, 0.05) is 27.7 Å². The molecule has 9 heteroatoms. The summed E-state index contributed by atoms with van der Waals surface area (Å²) >= 11 is 0. The summed E-state index contributed by atoms with van der Waals surface area (Å²) in [6.07, 6.45) is 0. The van der Waals surface area contributed by atoms with Crippen LogP contribution in [0, 0.1) is 10.8 Å². The van der Waals surface area contributed by atoms with E-state index in [1.165, 1.54) is 0 Å². The third-order valence-corrected chi connectivity index (χ3v) is 4.88. The first kappa shape index (κ1) is 25.6. The summed E-state index contributed by atoms with van der Waals surface area (Å²) in [4.78, 5) is 3.37. The molecule has 172 valence electrons. The van der Waals surface area contributed by atoms with Crippen molar-refractivity contribution in [1.82, 2.24) is 4.98 Å². The minimum atomic E-state index is 0. The van der Waals surface area contributed by atoms with Gasteiger partial charge in [0.15, 0.2) is 0 Å². The maximum atomic E-state index is 7.58. The van der Waals surface area contributed by atoms with Gasteiger partial charge in [-0.3, -0.25) is 10.8 Å². The average Bonchev–Trinajstić information content (AvgIpc) is 3.21. The lowest BCUT2D eigenvalue weighted by molar-refractivity contribution is 0.217. The first-order chi connectivity index (χ1) is 15.0. The number of nitrogen functional groups attached to an aromatic ring is 2. The van der Waals surface area contributed by atoms with Gasteiger partial charge < -0.3 is 25.9 Å². The van der Waals surface area contributed by atoms with Gasteiger partial charge in [-0.05, 0) is 66.2 Å². The van der Waals surface area contributed by atoms with E-state index in [9.17, 15) is 0 Å². The fourth-order valence-corrected chi connectivity index (χ4v) is 3.23. The highest BCUT2D eigenvalue weighted by atomic mass is 35.5. The number of fused-ring (bicyclic) bond motifs is 1. The second kappa shape index (κ2) is 11.3. The Morgan fingerprint density at radius 3 is 1.76 bits per heavy atom. The Kier molecular flexibility index (Phi) is 8.73. The maximum Gasteiger partial charge on any atom is 0.122 e. The zero-order chi connectivity index (χ0) is 21.8. The van der Waals surface area contributed by atoms with Gasteiger partial charge in [0.05, 0.1) is 0 Å². The van der Waals surface area contributed by atoms with E-state index in [1.807, 2.05) is 42.5 Å². The van der Waals surface area contributed by atoms with Gasteiger partial charge in [0.1, 0.15) is 36.4 Å². The van der Waals surface area contributed by atoms with Crippen molar-refractivity contribution < 1.29 is 9.47 Å². The molecule has 0 amide bonds. The van der Waals surface area contributed by atoms with Crippen LogP contribution in [0.4, 0.5) is 0 Å². The number of nitrogens with two attached hydrogens (primary N) is 2. The van der Waals surface area contributed by atoms with Crippen LogP contribution < -0.4 is 20.9 Å². The zero-order valence-corrected chi connectivity index (χ0v) is 19.3. The second-order valence-corrected chi connectivity index (χ2v) is 7.06. The Balaban J connectivity index is 0.00000193. The van der Waals surface area contributed by atoms with Crippen LogP contribution >= 0.6 is 24.8 Å². The molecule has 1 aromatic heterocycles. The van der Waals surface area contributed by atoms with Crippen LogP contribution in [0.5, 0.6) is 11.5 Å². The number of ether oxygens (including phenoxy) is 2. The fraction of sp³-hybridized carbons (Fsp3) is 0.0833. The number of hydrogen-bond acceptors (Lipinski definition) is 4. The van der Waals surface area contributed by atoms with Crippen molar-refractivity contribution in [2.24, 2.45) is 11.5 Å². The highest BCUT2D eigenvalue weighted by Gasteiger charge is 2.06. The molecule has 1 heterocycles. The van der Waals surface area contributed by atoms with Gasteiger partial charge >= 0.3 is 0 Å². The summed E-state index contributed by atoms with van der Waals surface area (Å²) in [5.74, 6) is 1.55. The van der Waals surface area contributed by atoms with Crippen LogP contribution in [0.2, 0.25) is 0 Å². The van der Waals surface area contributed by atoms with Crippen LogP contribution in [-0.4, -0.2) is 29.9 Å². The minimum Gasteiger partial charge on any atom is -0.490 e. The van der Waals surface area contributed by atoms with Crippen molar-refractivity contribution in [2.75, 3.05) is 13.2 Å². The average molecular weight is 486 g/mol. The van der Waals surface area contributed by atoms with E-state index in [1.54, 1.807) is 24.3 Å². The van der Waals surface area contributed by atoms with Crippen LogP contribution in [0.15, 0.2) is 72.8 Å². The molecule has 4 rings (SSSR count). The predicted octanol–water partition coefficient (Wildman–Crippen LogP) is 4.70. The molecule has 7 nitrogen and oxygen atoms in total. The van der Waals surface area contributed by atoms with Gasteiger partial charge in [0.25, 0.3) is 0 Å². The topological polar surface area (TPSA) is 134 Å². The molecule has 0 aliphatic heterocycles. The van der Waals surface area contributed by atoms with Crippen molar-refractivity contribution in [1.29, 1.82) is 10.8 Å². The van der Waals surface area contributed by atoms with Crippen molar-refractivity contribution in [2.45, 2.75) is 0 Å². The molecule has 0 atom stereocenters. The molecule has 0 aliphatic carbocycles. The lowest BCUT2D eigenvalue weighted by atomic mass is 10.1. The Labute approximate surface area is 203 Å². The van der Waals surface area contributed by atoms with Gasteiger partial charge in [-0.1, -0.05) is 12.1 Å². The monoisotopic (exact) mass is 485 g/mol. The summed E-state index contributed by atoms with van der Waals surface area (Å²) in [5, 5.41) is 16.0. The van der Waals surface area contributed by atoms with Crippen LogP contribution in [0.3, 0.4) is 0 Å². The molecule has 0 saturated heterocycles. The Morgan fingerprint density at radius 2 is 1.21 bits per heavy atom. The zero-order valence-electron chi connectivity index (χ0n) is 17.6. The summed E-state index contributed by atoms with van der Waals surface area (Å²) < 4.78 is 11.4. The molecule has 0 saturated carbocycles. The summed E-state index contributed by atoms with van der Waals surface area (Å²) in [7, 11) is 0. The van der Waals surface area contributed by atoms with E-state index in [0.29, 0.717) is 30.1 Å². The van der Waals surface area contributed by atoms with Crippen LogP contribution in [0.25, 0.3) is 22.2 Å². The van der Waals surface area contributed by atoms with Gasteiger partial charge in [0.2, 0.25) is 0 Å². The van der Waals surface area contributed by atoms with E-state index in [-0.39, 0.29) is 36.5 Å². The molecule has 0 bridgehead atoms. The second-order valence-electron chi connectivity index (χ2n) is 7.06. The minimum absolute atomic E-state index is 0. The Bertz CT molecular complexity index is 1240. The molecule has 0 fully saturated rings. The molecular formula is C24H25Cl2N5O2. The number of H-pyrrole nitrogens is 1. The summed E-state index contributed by atoms with van der Waals surface area (Å²) in [5.41, 5.74) is 15.3. The molecule has 0 radical (unpaired) electrons. The number of nitrogens with one attached hydrogen (secondary N) is 3. The molecule has 0 spiro atoms. The number of benzene rings is 3.